The van der Waals surface area contributed by atoms with Gasteiger partial charge in [-0.2, -0.15) is 10.2 Å². The molecule has 5 unspecified atom stereocenters. The maximum absolute atomic E-state index is 13.5. The first kappa shape index (κ1) is 45.5. The molecule has 5 atom stereocenters. The van der Waals surface area contributed by atoms with Crippen molar-refractivity contribution in [2.75, 3.05) is 26.2 Å². The van der Waals surface area contributed by atoms with Crippen LogP contribution in [-0.4, -0.2) is 67.4 Å². The van der Waals surface area contributed by atoms with Crippen molar-refractivity contribution in [2.24, 2.45) is 29.6 Å². The summed E-state index contributed by atoms with van der Waals surface area (Å²) in [5.41, 5.74) is 8.84. The Morgan fingerprint density at radius 3 is 1.63 bits per heavy atom. The number of aryl methyl sites for hydroxylation is 2. The van der Waals surface area contributed by atoms with Gasteiger partial charge in [0, 0.05) is 60.1 Å². The van der Waals surface area contributed by atoms with Crippen molar-refractivity contribution >= 4 is 33.6 Å². The van der Waals surface area contributed by atoms with E-state index in [0.29, 0.717) is 29.6 Å². The molecule has 70 heavy (non-hydrogen) atoms. The van der Waals surface area contributed by atoms with Crippen molar-refractivity contribution in [1.82, 2.24) is 29.4 Å². The van der Waals surface area contributed by atoms with E-state index in [2.05, 4.69) is 81.5 Å². The van der Waals surface area contributed by atoms with Gasteiger partial charge in [-0.05, 0) is 153 Å². The Labute approximate surface area is 408 Å². The number of piperidine rings is 2. The molecule has 6 aromatic carbocycles. The molecule has 8 nitrogen and oxygen atoms in total. The number of carbonyl (C=O) groups excluding carboxylic acids is 2. The summed E-state index contributed by atoms with van der Waals surface area (Å²) in [7, 11) is 0. The third kappa shape index (κ3) is 8.93. The average Bonchev–Trinajstić information content (AvgIpc) is 3.79. The van der Waals surface area contributed by atoms with Gasteiger partial charge in [0.25, 0.3) is 0 Å². The predicted molar refractivity (Wildman–Crippen MR) is 272 cm³/mol. The first-order valence-corrected chi connectivity index (χ1v) is 25.2. The van der Waals surface area contributed by atoms with Crippen LogP contribution in [0.4, 0.5) is 8.78 Å². The van der Waals surface area contributed by atoms with Gasteiger partial charge in [-0.3, -0.25) is 9.59 Å². The molecule has 0 radical (unpaired) electrons. The van der Waals surface area contributed by atoms with Gasteiger partial charge in [-0.25, -0.2) is 18.1 Å². The number of aromatic nitrogens is 4. The Bertz CT molecular complexity index is 3090. The summed E-state index contributed by atoms with van der Waals surface area (Å²) in [4.78, 5) is 29.2. The van der Waals surface area contributed by atoms with Crippen LogP contribution in [0.15, 0.2) is 158 Å². The lowest BCUT2D eigenvalue weighted by molar-refractivity contribution is -0.138. The summed E-state index contributed by atoms with van der Waals surface area (Å²) >= 11 is 0. The van der Waals surface area contributed by atoms with Gasteiger partial charge < -0.3 is 9.80 Å². The third-order valence-corrected chi connectivity index (χ3v) is 16.0. The second kappa shape index (κ2) is 19.1. The van der Waals surface area contributed by atoms with Gasteiger partial charge in [0.2, 0.25) is 11.8 Å². The van der Waals surface area contributed by atoms with Gasteiger partial charge >= 0.3 is 0 Å². The fourth-order valence-electron chi connectivity index (χ4n) is 11.6. The van der Waals surface area contributed by atoms with E-state index in [4.69, 9.17) is 0 Å². The molecule has 4 aliphatic carbocycles. The summed E-state index contributed by atoms with van der Waals surface area (Å²) in [6, 6.07) is 46.3. The molecule has 0 bridgehead atoms. The van der Waals surface area contributed by atoms with Crippen molar-refractivity contribution in [1.29, 1.82) is 0 Å². The van der Waals surface area contributed by atoms with Crippen LogP contribution in [0.1, 0.15) is 73.1 Å². The topological polar surface area (TPSA) is 76.3 Å². The minimum absolute atomic E-state index is 0.0446. The predicted octanol–water partition coefficient (Wildman–Crippen LogP) is 12.2. The number of nitrogens with zero attached hydrogens (tertiary/aromatic N) is 6. The van der Waals surface area contributed by atoms with Crippen molar-refractivity contribution in [2.45, 2.75) is 70.1 Å². The smallest absolute Gasteiger partial charge is 0.225 e. The minimum atomic E-state index is -0.253. The van der Waals surface area contributed by atoms with E-state index >= 15 is 0 Å². The standard InChI is InChI=1S/C30H28FN3O.C14H11FN2.C10H15NO.C6H6/c1-19-14-27-22(16-32-34(27)24-12-10-23(31)11-13-24)15-25(19)30-18-33(29(35)21-8-5-9-21)17-26(30)28(30)20-6-3-2-4-7-20;1-10-2-3-11-9-16-17(14(11)8-10)13-6-4-12(15)5-7-13;12-10(7-2-1-3-7)11-5-8-4-9(8)6-11;1-2-4-6-5-3-1/h2-4,6-7,10-16,21,26,28H,5,8-9,17-18H2,1H3;2-9H,1H3;7-9H,1-6H2;1-6H. The highest BCUT2D eigenvalue weighted by molar-refractivity contribution is 5.85. The van der Waals surface area contributed by atoms with Crippen LogP contribution in [0.5, 0.6) is 0 Å². The van der Waals surface area contributed by atoms with E-state index in [-0.39, 0.29) is 23.0 Å². The van der Waals surface area contributed by atoms with Gasteiger partial charge in [-0.15, -0.1) is 0 Å². The number of amides is 2. The van der Waals surface area contributed by atoms with Gasteiger partial charge in [0.15, 0.2) is 0 Å². The van der Waals surface area contributed by atoms with Crippen LogP contribution < -0.4 is 0 Å². The zero-order chi connectivity index (χ0) is 47.9. The lowest BCUT2D eigenvalue weighted by Gasteiger charge is -2.32. The SMILES string of the molecule is Cc1cc2c(cnn2-c2ccc(F)cc2)cc1C12CN(C(=O)C3CCC3)CC1C2c1ccccc1.Cc1ccc2cnn(-c3ccc(F)cc3)c2c1.O=C(C1CCC1)N1CC2CC2C1.c1ccccc1. The normalized spacial score (nSPS) is 22.8. The van der Waals surface area contributed by atoms with E-state index in [9.17, 15) is 18.4 Å². The van der Waals surface area contributed by atoms with Crippen LogP contribution in [0.25, 0.3) is 33.2 Å². The molecule has 2 saturated heterocycles. The number of carbonyl (C=O) groups is 2. The summed E-state index contributed by atoms with van der Waals surface area (Å²) in [5.74, 6) is 3.65. The number of likely N-dealkylation sites (tertiary alicyclic amines) is 2. The van der Waals surface area contributed by atoms with Crippen LogP contribution in [0, 0.1) is 55.1 Å². The Morgan fingerprint density at radius 2 is 1.09 bits per heavy atom. The van der Waals surface area contributed by atoms with E-state index in [0.717, 1.165) is 96.9 Å². The second-order valence-electron chi connectivity index (χ2n) is 20.5. The molecular weight excluding hydrogens is 875 g/mol. The fourth-order valence-corrected chi connectivity index (χ4v) is 11.6. The van der Waals surface area contributed by atoms with Crippen LogP contribution >= 0.6 is 0 Å². The van der Waals surface area contributed by atoms with Crippen LogP contribution in [0.3, 0.4) is 0 Å². The largest absolute Gasteiger partial charge is 0.342 e. The maximum Gasteiger partial charge on any atom is 0.225 e. The molecule has 4 saturated carbocycles. The lowest BCUT2D eigenvalue weighted by Crippen LogP contribution is -2.40. The average molecular weight is 935 g/mol. The molecule has 4 heterocycles. The van der Waals surface area contributed by atoms with Gasteiger partial charge in [-0.1, -0.05) is 91.7 Å². The molecule has 10 heteroatoms. The highest BCUT2D eigenvalue weighted by Gasteiger charge is 2.71. The molecule has 356 valence electrons. The van der Waals surface area contributed by atoms with Crippen molar-refractivity contribution in [3.05, 3.63) is 192 Å². The third-order valence-electron chi connectivity index (χ3n) is 16.0. The Morgan fingerprint density at radius 1 is 0.571 bits per heavy atom. The highest BCUT2D eigenvalue weighted by Crippen LogP contribution is 2.70. The molecule has 0 spiro atoms. The number of halogens is 2. The zero-order valence-corrected chi connectivity index (χ0v) is 40.0. The molecular formula is C60H60F2N6O2. The molecule has 2 aromatic heterocycles. The molecule has 6 fully saturated rings. The summed E-state index contributed by atoms with van der Waals surface area (Å²) in [6.45, 7) is 8.03. The first-order valence-electron chi connectivity index (χ1n) is 25.2. The van der Waals surface area contributed by atoms with E-state index in [1.807, 2.05) is 71.1 Å². The monoisotopic (exact) mass is 934 g/mol. The number of hydrogen-bond donors (Lipinski definition) is 0. The molecule has 2 aliphatic heterocycles. The number of fused-ring (bicyclic) bond motifs is 4. The first-order chi connectivity index (χ1) is 34.1. The minimum Gasteiger partial charge on any atom is -0.342 e. The van der Waals surface area contributed by atoms with Crippen molar-refractivity contribution < 1.29 is 18.4 Å². The van der Waals surface area contributed by atoms with E-state index in [1.54, 1.807) is 24.3 Å². The van der Waals surface area contributed by atoms with Crippen LogP contribution in [0.2, 0.25) is 0 Å². The van der Waals surface area contributed by atoms with Gasteiger partial charge in [0.05, 0.1) is 34.8 Å². The quantitative estimate of drug-likeness (QED) is 0.166. The number of rotatable bonds is 6. The highest BCUT2D eigenvalue weighted by atomic mass is 19.1. The number of benzene rings is 6. The van der Waals surface area contributed by atoms with Crippen molar-refractivity contribution in [3.8, 4) is 11.4 Å². The molecule has 2 amide bonds. The fraction of sp³-hybridized carbons (Fsp3) is 0.333. The number of hydrogen-bond acceptors (Lipinski definition) is 4. The molecule has 8 aromatic rings. The molecule has 14 rings (SSSR count). The van der Waals surface area contributed by atoms with Crippen LogP contribution in [-0.2, 0) is 15.0 Å². The Kier molecular flexibility index (Phi) is 12.4. The maximum atomic E-state index is 13.5. The van der Waals surface area contributed by atoms with Gasteiger partial charge in [0.1, 0.15) is 11.6 Å². The summed E-state index contributed by atoms with van der Waals surface area (Å²) in [5, 5.41) is 11.1. The summed E-state index contributed by atoms with van der Waals surface area (Å²) in [6.07, 6.45) is 12.0. The molecule has 0 N–H and O–H groups in total. The Balaban J connectivity index is 0.000000124. The zero-order valence-electron chi connectivity index (χ0n) is 40.0. The lowest BCUT2D eigenvalue weighted by atomic mass is 9.83. The Hall–Kier alpha value is -6.94. The van der Waals surface area contributed by atoms with Crippen molar-refractivity contribution in [3.63, 3.8) is 0 Å². The summed E-state index contributed by atoms with van der Waals surface area (Å²) < 4.78 is 30.0. The van der Waals surface area contributed by atoms with E-state index in [1.165, 1.54) is 65.8 Å². The second-order valence-corrected chi connectivity index (χ2v) is 20.5. The van der Waals surface area contributed by atoms with E-state index < -0.39 is 0 Å². The molecule has 6 aliphatic rings.